The van der Waals surface area contributed by atoms with Gasteiger partial charge in [-0.05, 0) is 61.3 Å². The minimum absolute atomic E-state index is 0.0314. The molecule has 4 rings (SSSR count). The van der Waals surface area contributed by atoms with Crippen molar-refractivity contribution in [2.45, 2.75) is 57.2 Å². The molecular formula is C22H27N3O. The van der Waals surface area contributed by atoms with Crippen LogP contribution in [0.5, 0.6) is 0 Å². The van der Waals surface area contributed by atoms with Crippen LogP contribution < -0.4 is 10.6 Å². The lowest BCUT2D eigenvalue weighted by atomic mass is 9.89. The molecule has 2 fully saturated rings. The summed E-state index contributed by atoms with van der Waals surface area (Å²) < 4.78 is 0. The minimum atomic E-state index is 0.0314. The number of nitrogens with one attached hydrogen (secondary N) is 2. The first-order valence-corrected chi connectivity index (χ1v) is 9.73. The number of carbonyl (C=O) groups excluding carboxylic acids is 1. The fourth-order valence-corrected chi connectivity index (χ4v) is 4.49. The maximum absolute atomic E-state index is 12.5. The Morgan fingerprint density at radius 1 is 1.15 bits per heavy atom. The average Bonchev–Trinajstić information content (AvgIpc) is 3.00. The molecular weight excluding hydrogens is 322 g/mol. The molecule has 4 nitrogen and oxygen atoms in total. The molecule has 136 valence electrons. The standard InChI is InChI=1S/C22H27N3O/c1-15(17-4-6-18(7-5-17)19-3-2-10-23-14-19)24-22(26)13-16-11-20-8-9-21(12-16)25-20/h2-7,10,14-16,20-21,25H,8-9,11-13H2,1H3,(H,24,26). The van der Waals surface area contributed by atoms with E-state index in [4.69, 9.17) is 0 Å². The number of nitrogens with zero attached hydrogens (tertiary/aromatic N) is 1. The monoisotopic (exact) mass is 349 g/mol. The quantitative estimate of drug-likeness (QED) is 0.862. The fraction of sp³-hybridized carbons (Fsp3) is 0.455. The molecule has 26 heavy (non-hydrogen) atoms. The number of hydrogen-bond acceptors (Lipinski definition) is 3. The Labute approximate surface area is 155 Å². The first kappa shape index (κ1) is 17.2. The van der Waals surface area contributed by atoms with Crippen LogP contribution in [-0.4, -0.2) is 23.0 Å². The van der Waals surface area contributed by atoms with Crippen molar-refractivity contribution >= 4 is 5.91 Å². The molecule has 2 bridgehead atoms. The number of hydrogen-bond donors (Lipinski definition) is 2. The van der Waals surface area contributed by atoms with Crippen LogP contribution in [0.2, 0.25) is 0 Å². The zero-order valence-corrected chi connectivity index (χ0v) is 15.3. The summed E-state index contributed by atoms with van der Waals surface area (Å²) in [6.07, 6.45) is 9.17. The van der Waals surface area contributed by atoms with Crippen LogP contribution in [0.1, 0.15) is 50.6 Å². The lowest BCUT2D eigenvalue weighted by Gasteiger charge is -2.29. The van der Waals surface area contributed by atoms with Crippen LogP contribution in [0.15, 0.2) is 48.8 Å². The highest BCUT2D eigenvalue weighted by atomic mass is 16.1. The number of carbonyl (C=O) groups is 1. The molecule has 0 spiro atoms. The third-order valence-electron chi connectivity index (χ3n) is 5.83. The van der Waals surface area contributed by atoms with Crippen molar-refractivity contribution in [3.63, 3.8) is 0 Å². The smallest absolute Gasteiger partial charge is 0.220 e. The van der Waals surface area contributed by atoms with Gasteiger partial charge in [-0.1, -0.05) is 30.3 Å². The zero-order chi connectivity index (χ0) is 17.9. The van der Waals surface area contributed by atoms with Crippen molar-refractivity contribution < 1.29 is 4.79 Å². The first-order valence-electron chi connectivity index (χ1n) is 9.73. The van der Waals surface area contributed by atoms with Crippen LogP contribution >= 0.6 is 0 Å². The second-order valence-corrected chi connectivity index (χ2v) is 7.83. The number of aromatic nitrogens is 1. The van der Waals surface area contributed by atoms with Gasteiger partial charge in [0.1, 0.15) is 0 Å². The second kappa shape index (κ2) is 7.58. The highest BCUT2D eigenvalue weighted by Gasteiger charge is 2.34. The normalized spacial score (nSPS) is 25.7. The average molecular weight is 349 g/mol. The van der Waals surface area contributed by atoms with Gasteiger partial charge in [0.05, 0.1) is 6.04 Å². The Morgan fingerprint density at radius 2 is 1.88 bits per heavy atom. The highest BCUT2D eigenvalue weighted by molar-refractivity contribution is 5.76. The molecule has 4 heteroatoms. The van der Waals surface area contributed by atoms with E-state index >= 15 is 0 Å². The van der Waals surface area contributed by atoms with Crippen molar-refractivity contribution in [1.82, 2.24) is 15.6 Å². The van der Waals surface area contributed by atoms with Crippen molar-refractivity contribution in [3.05, 3.63) is 54.4 Å². The Balaban J connectivity index is 1.32. The third kappa shape index (κ3) is 3.96. The van der Waals surface area contributed by atoms with Crippen molar-refractivity contribution in [1.29, 1.82) is 0 Å². The van der Waals surface area contributed by atoms with E-state index in [1.165, 1.54) is 12.8 Å². The van der Waals surface area contributed by atoms with Gasteiger partial charge in [-0.15, -0.1) is 0 Å². The van der Waals surface area contributed by atoms with Crippen LogP contribution in [0.3, 0.4) is 0 Å². The SMILES string of the molecule is CC(NC(=O)CC1CC2CCC(C1)N2)c1ccc(-c2cccnc2)cc1. The molecule has 2 saturated heterocycles. The summed E-state index contributed by atoms with van der Waals surface area (Å²) in [5, 5.41) is 6.82. The summed E-state index contributed by atoms with van der Waals surface area (Å²) >= 11 is 0. The molecule has 3 heterocycles. The van der Waals surface area contributed by atoms with Gasteiger partial charge >= 0.3 is 0 Å². The van der Waals surface area contributed by atoms with E-state index in [9.17, 15) is 4.79 Å². The van der Waals surface area contributed by atoms with Crippen LogP contribution in [0.25, 0.3) is 11.1 Å². The first-order chi connectivity index (χ1) is 12.7. The van der Waals surface area contributed by atoms with Gasteiger partial charge in [0, 0.05) is 30.9 Å². The van der Waals surface area contributed by atoms with E-state index < -0.39 is 0 Å². The van der Waals surface area contributed by atoms with E-state index in [1.54, 1.807) is 6.20 Å². The molecule has 1 aromatic heterocycles. The van der Waals surface area contributed by atoms with Crippen LogP contribution in [0, 0.1) is 5.92 Å². The van der Waals surface area contributed by atoms with Crippen molar-refractivity contribution in [3.8, 4) is 11.1 Å². The number of amides is 1. The van der Waals surface area contributed by atoms with E-state index in [1.807, 2.05) is 12.3 Å². The molecule has 1 amide bonds. The molecule has 0 aliphatic carbocycles. The number of fused-ring (bicyclic) bond motifs is 2. The molecule has 3 atom stereocenters. The van der Waals surface area contributed by atoms with Gasteiger partial charge in [-0.2, -0.15) is 0 Å². The lowest BCUT2D eigenvalue weighted by Crippen LogP contribution is -2.40. The summed E-state index contributed by atoms with van der Waals surface area (Å²) in [5.41, 5.74) is 3.39. The zero-order valence-electron chi connectivity index (χ0n) is 15.3. The van der Waals surface area contributed by atoms with E-state index in [0.29, 0.717) is 24.4 Å². The second-order valence-electron chi connectivity index (χ2n) is 7.83. The van der Waals surface area contributed by atoms with Crippen molar-refractivity contribution in [2.75, 3.05) is 0 Å². The van der Waals surface area contributed by atoms with E-state index in [0.717, 1.165) is 29.5 Å². The Kier molecular flexibility index (Phi) is 5.02. The van der Waals surface area contributed by atoms with Gasteiger partial charge in [0.25, 0.3) is 0 Å². The third-order valence-corrected chi connectivity index (χ3v) is 5.83. The molecule has 0 saturated carbocycles. The highest BCUT2D eigenvalue weighted by Crippen LogP contribution is 2.32. The lowest BCUT2D eigenvalue weighted by molar-refractivity contribution is -0.122. The summed E-state index contributed by atoms with van der Waals surface area (Å²) in [5.74, 6) is 0.717. The molecule has 2 N–H and O–H groups in total. The Morgan fingerprint density at radius 3 is 2.54 bits per heavy atom. The minimum Gasteiger partial charge on any atom is -0.350 e. The van der Waals surface area contributed by atoms with Gasteiger partial charge in [-0.3, -0.25) is 9.78 Å². The van der Waals surface area contributed by atoms with Gasteiger partial charge in [-0.25, -0.2) is 0 Å². The summed E-state index contributed by atoms with van der Waals surface area (Å²) in [6, 6.07) is 13.7. The summed E-state index contributed by atoms with van der Waals surface area (Å²) in [6.45, 7) is 2.06. The molecule has 3 unspecified atom stereocenters. The fourth-order valence-electron chi connectivity index (χ4n) is 4.49. The maximum atomic E-state index is 12.5. The van der Waals surface area contributed by atoms with E-state index in [2.05, 4.69) is 52.9 Å². The predicted octanol–water partition coefficient (Wildman–Crippen LogP) is 3.85. The van der Waals surface area contributed by atoms with Crippen LogP contribution in [-0.2, 0) is 4.79 Å². The number of rotatable bonds is 5. The van der Waals surface area contributed by atoms with Gasteiger partial charge in [0.2, 0.25) is 5.91 Å². The largest absolute Gasteiger partial charge is 0.350 e. The van der Waals surface area contributed by atoms with Gasteiger partial charge < -0.3 is 10.6 Å². The molecule has 2 aromatic rings. The summed E-state index contributed by atoms with van der Waals surface area (Å²) in [4.78, 5) is 16.6. The topological polar surface area (TPSA) is 54.0 Å². The molecule has 1 aromatic carbocycles. The summed E-state index contributed by atoms with van der Waals surface area (Å²) in [7, 11) is 0. The Bertz CT molecular complexity index is 732. The van der Waals surface area contributed by atoms with Crippen molar-refractivity contribution in [2.24, 2.45) is 5.92 Å². The Hall–Kier alpha value is -2.20. The number of piperidine rings is 1. The molecule has 0 radical (unpaired) electrons. The number of pyridine rings is 1. The van der Waals surface area contributed by atoms with Gasteiger partial charge in [0.15, 0.2) is 0 Å². The maximum Gasteiger partial charge on any atom is 0.220 e. The van der Waals surface area contributed by atoms with E-state index in [-0.39, 0.29) is 11.9 Å². The molecule has 2 aliphatic rings. The predicted molar refractivity (Wildman–Crippen MR) is 104 cm³/mol. The number of benzene rings is 1. The van der Waals surface area contributed by atoms with Crippen LogP contribution in [0.4, 0.5) is 0 Å². The molecule has 2 aliphatic heterocycles.